The van der Waals surface area contributed by atoms with Crippen LogP contribution in [0.15, 0.2) is 22.9 Å². The van der Waals surface area contributed by atoms with Gasteiger partial charge in [0.15, 0.2) is 5.82 Å². The Morgan fingerprint density at radius 3 is 2.90 bits per heavy atom. The number of nitrogens with zero attached hydrogens (tertiary/aromatic N) is 3. The van der Waals surface area contributed by atoms with E-state index in [0.717, 1.165) is 37.2 Å². The molecule has 0 aliphatic heterocycles. The van der Waals surface area contributed by atoms with E-state index in [1.165, 1.54) is 6.42 Å². The van der Waals surface area contributed by atoms with Crippen molar-refractivity contribution in [2.75, 3.05) is 18.5 Å². The van der Waals surface area contributed by atoms with Crippen LogP contribution in [0.4, 0.5) is 5.82 Å². The van der Waals surface area contributed by atoms with Crippen molar-refractivity contribution in [2.45, 2.75) is 32.6 Å². The van der Waals surface area contributed by atoms with Gasteiger partial charge in [-0.3, -0.25) is 0 Å². The second-order valence-corrected chi connectivity index (χ2v) is 5.73. The van der Waals surface area contributed by atoms with Crippen molar-refractivity contribution in [2.24, 2.45) is 5.41 Å². The van der Waals surface area contributed by atoms with Gasteiger partial charge >= 0.3 is 0 Å². The van der Waals surface area contributed by atoms with E-state index in [-0.39, 0.29) is 12.0 Å². The lowest BCUT2D eigenvalue weighted by Crippen LogP contribution is -2.37. The predicted molar refractivity (Wildman–Crippen MR) is 78.7 cm³/mol. The van der Waals surface area contributed by atoms with E-state index < -0.39 is 0 Å². The normalized spacial score (nSPS) is 16.5. The SMILES string of the molecule is Cc1noc(-c2cccnc2NCC2(CCO)CCC2)n1. The molecule has 1 saturated carbocycles. The second-order valence-electron chi connectivity index (χ2n) is 5.73. The molecule has 0 radical (unpaired) electrons. The predicted octanol–water partition coefficient (Wildman–Crippen LogP) is 2.40. The van der Waals surface area contributed by atoms with Crippen LogP contribution >= 0.6 is 0 Å². The molecule has 0 unspecified atom stereocenters. The number of aryl methyl sites for hydroxylation is 1. The summed E-state index contributed by atoms with van der Waals surface area (Å²) in [5, 5.41) is 16.4. The summed E-state index contributed by atoms with van der Waals surface area (Å²) in [4.78, 5) is 8.64. The average Bonchev–Trinajstić information content (AvgIpc) is 2.88. The van der Waals surface area contributed by atoms with Crippen LogP contribution in [0.2, 0.25) is 0 Å². The third-order valence-electron chi connectivity index (χ3n) is 4.25. The van der Waals surface area contributed by atoms with E-state index in [0.29, 0.717) is 11.7 Å². The Morgan fingerprint density at radius 2 is 2.29 bits per heavy atom. The minimum absolute atomic E-state index is 0.203. The van der Waals surface area contributed by atoms with Crippen molar-refractivity contribution >= 4 is 5.82 Å². The zero-order valence-electron chi connectivity index (χ0n) is 12.2. The fourth-order valence-electron chi connectivity index (χ4n) is 2.83. The van der Waals surface area contributed by atoms with Crippen LogP contribution in [-0.4, -0.2) is 33.4 Å². The lowest BCUT2D eigenvalue weighted by Gasteiger charge is -2.42. The molecule has 0 amide bonds. The summed E-state index contributed by atoms with van der Waals surface area (Å²) in [7, 11) is 0. The number of rotatable bonds is 6. The largest absolute Gasteiger partial charge is 0.396 e. The molecule has 0 aromatic carbocycles. The molecule has 0 saturated heterocycles. The first-order chi connectivity index (χ1) is 10.2. The zero-order chi connectivity index (χ0) is 14.7. The summed E-state index contributed by atoms with van der Waals surface area (Å²) in [5.74, 6) is 1.84. The Hall–Kier alpha value is -1.95. The topological polar surface area (TPSA) is 84.1 Å². The van der Waals surface area contributed by atoms with E-state index >= 15 is 0 Å². The minimum atomic E-state index is 0.203. The summed E-state index contributed by atoms with van der Waals surface area (Å²) in [6, 6.07) is 3.77. The highest BCUT2D eigenvalue weighted by Gasteiger charge is 2.36. The van der Waals surface area contributed by atoms with Gasteiger partial charge in [-0.25, -0.2) is 4.98 Å². The van der Waals surface area contributed by atoms with Gasteiger partial charge in [-0.2, -0.15) is 4.98 Å². The first-order valence-electron chi connectivity index (χ1n) is 7.33. The standard InChI is InChI=1S/C15H20N4O2/c1-11-18-14(21-19-11)12-4-2-8-16-13(12)17-10-15(7-9-20)5-3-6-15/h2,4,8,20H,3,5-7,9-10H2,1H3,(H,16,17). The van der Waals surface area contributed by atoms with Gasteiger partial charge in [-0.15, -0.1) is 0 Å². The number of hydrogen-bond acceptors (Lipinski definition) is 6. The minimum Gasteiger partial charge on any atom is -0.396 e. The van der Waals surface area contributed by atoms with E-state index in [2.05, 4.69) is 20.4 Å². The Kier molecular flexibility index (Phi) is 3.88. The fourth-order valence-corrected chi connectivity index (χ4v) is 2.83. The molecule has 21 heavy (non-hydrogen) atoms. The highest BCUT2D eigenvalue weighted by atomic mass is 16.5. The molecular formula is C15H20N4O2. The molecule has 1 aliphatic carbocycles. The Balaban J connectivity index is 1.77. The maximum atomic E-state index is 9.22. The van der Waals surface area contributed by atoms with Gasteiger partial charge < -0.3 is 14.9 Å². The molecule has 6 heteroatoms. The number of nitrogens with one attached hydrogen (secondary N) is 1. The van der Waals surface area contributed by atoms with Crippen LogP contribution in [0.3, 0.4) is 0 Å². The highest BCUT2D eigenvalue weighted by Crippen LogP contribution is 2.44. The summed E-state index contributed by atoms with van der Waals surface area (Å²) in [5.41, 5.74) is 1.02. The Bertz CT molecular complexity index is 607. The van der Waals surface area contributed by atoms with Crippen molar-refractivity contribution in [3.05, 3.63) is 24.2 Å². The van der Waals surface area contributed by atoms with Gasteiger partial charge in [0.05, 0.1) is 5.56 Å². The lowest BCUT2D eigenvalue weighted by molar-refractivity contribution is 0.102. The third-order valence-corrected chi connectivity index (χ3v) is 4.25. The van der Waals surface area contributed by atoms with Crippen molar-refractivity contribution in [1.82, 2.24) is 15.1 Å². The van der Waals surface area contributed by atoms with E-state index in [1.54, 1.807) is 13.1 Å². The number of aliphatic hydroxyl groups excluding tert-OH is 1. The molecule has 0 spiro atoms. The molecule has 1 fully saturated rings. The van der Waals surface area contributed by atoms with E-state index in [4.69, 9.17) is 4.52 Å². The summed E-state index contributed by atoms with van der Waals surface area (Å²) < 4.78 is 5.23. The molecule has 2 aromatic rings. The first kappa shape index (κ1) is 14.0. The Labute approximate surface area is 123 Å². The van der Waals surface area contributed by atoms with E-state index in [9.17, 15) is 5.11 Å². The van der Waals surface area contributed by atoms with Gasteiger partial charge in [-0.05, 0) is 43.7 Å². The van der Waals surface area contributed by atoms with Gasteiger partial charge in [0.25, 0.3) is 5.89 Å². The van der Waals surface area contributed by atoms with Crippen LogP contribution in [0.1, 0.15) is 31.5 Å². The average molecular weight is 288 g/mol. The van der Waals surface area contributed by atoms with Gasteiger partial charge in [0.2, 0.25) is 0 Å². The smallest absolute Gasteiger partial charge is 0.261 e. The Morgan fingerprint density at radius 1 is 1.43 bits per heavy atom. The fraction of sp³-hybridized carbons (Fsp3) is 0.533. The van der Waals surface area contributed by atoms with Crippen LogP contribution < -0.4 is 5.32 Å². The van der Waals surface area contributed by atoms with Crippen LogP contribution in [0, 0.1) is 12.3 Å². The summed E-state index contributed by atoms with van der Waals surface area (Å²) in [6.45, 7) is 2.84. The van der Waals surface area contributed by atoms with Crippen molar-refractivity contribution in [1.29, 1.82) is 0 Å². The maximum Gasteiger partial charge on any atom is 0.261 e. The molecule has 3 rings (SSSR count). The molecule has 0 atom stereocenters. The molecule has 112 valence electrons. The monoisotopic (exact) mass is 288 g/mol. The van der Waals surface area contributed by atoms with Gasteiger partial charge in [-0.1, -0.05) is 11.6 Å². The number of hydrogen-bond donors (Lipinski definition) is 2. The first-order valence-corrected chi connectivity index (χ1v) is 7.33. The van der Waals surface area contributed by atoms with Crippen molar-refractivity contribution in [3.8, 4) is 11.5 Å². The number of aromatic nitrogens is 3. The number of anilines is 1. The number of aliphatic hydroxyl groups is 1. The molecule has 2 N–H and O–H groups in total. The highest BCUT2D eigenvalue weighted by molar-refractivity contribution is 5.68. The summed E-state index contributed by atoms with van der Waals surface area (Å²) >= 11 is 0. The second kappa shape index (κ2) is 5.81. The zero-order valence-corrected chi connectivity index (χ0v) is 12.2. The van der Waals surface area contributed by atoms with Crippen molar-refractivity contribution < 1.29 is 9.63 Å². The molecule has 1 aliphatic rings. The summed E-state index contributed by atoms with van der Waals surface area (Å²) in [6.07, 6.45) is 6.13. The van der Waals surface area contributed by atoms with Gasteiger partial charge in [0.1, 0.15) is 5.82 Å². The molecule has 2 heterocycles. The molecular weight excluding hydrogens is 268 g/mol. The molecule has 0 bridgehead atoms. The maximum absolute atomic E-state index is 9.22. The van der Waals surface area contributed by atoms with Crippen LogP contribution in [-0.2, 0) is 0 Å². The molecule has 6 nitrogen and oxygen atoms in total. The quantitative estimate of drug-likeness (QED) is 0.849. The molecule has 2 aromatic heterocycles. The third kappa shape index (κ3) is 2.90. The lowest BCUT2D eigenvalue weighted by atomic mass is 9.67. The van der Waals surface area contributed by atoms with Crippen molar-refractivity contribution in [3.63, 3.8) is 0 Å². The van der Waals surface area contributed by atoms with Gasteiger partial charge in [0, 0.05) is 19.3 Å². The number of pyridine rings is 1. The van der Waals surface area contributed by atoms with Crippen LogP contribution in [0.5, 0.6) is 0 Å². The van der Waals surface area contributed by atoms with E-state index in [1.807, 2.05) is 12.1 Å². The van der Waals surface area contributed by atoms with Crippen LogP contribution in [0.25, 0.3) is 11.5 Å².